The molecular formula is C12H15N3O3. The van der Waals surface area contributed by atoms with Gasteiger partial charge in [0.2, 0.25) is 0 Å². The quantitative estimate of drug-likeness (QED) is 0.730. The molecule has 0 saturated carbocycles. The lowest BCUT2D eigenvalue weighted by atomic mass is 10.2. The second-order valence-electron chi connectivity index (χ2n) is 4.34. The maximum atomic E-state index is 11.1. The van der Waals surface area contributed by atoms with Crippen LogP contribution in [-0.2, 0) is 11.3 Å². The molecule has 0 aliphatic carbocycles. The third kappa shape index (κ3) is 2.98. The van der Waals surface area contributed by atoms with Crippen LogP contribution >= 0.6 is 0 Å². The molecule has 2 rings (SSSR count). The van der Waals surface area contributed by atoms with Gasteiger partial charge in [-0.15, -0.1) is 0 Å². The summed E-state index contributed by atoms with van der Waals surface area (Å²) in [6, 6.07) is 5.65. The molecule has 0 atom stereocenters. The number of aromatic nitrogens is 2. The Hall–Kier alpha value is -2.08. The molecule has 18 heavy (non-hydrogen) atoms. The van der Waals surface area contributed by atoms with E-state index in [0.29, 0.717) is 13.1 Å². The first kappa shape index (κ1) is 12.4. The Balaban J connectivity index is 2.06. The van der Waals surface area contributed by atoms with E-state index in [1.165, 1.54) is 0 Å². The van der Waals surface area contributed by atoms with Gasteiger partial charge in [0.05, 0.1) is 17.5 Å². The predicted octanol–water partition coefficient (Wildman–Crippen LogP) is 0.763. The minimum Gasteiger partial charge on any atom is -0.481 e. The van der Waals surface area contributed by atoms with Gasteiger partial charge in [0.1, 0.15) is 0 Å². The fourth-order valence-electron chi connectivity index (χ4n) is 1.86. The van der Waals surface area contributed by atoms with Gasteiger partial charge in [0, 0.05) is 13.1 Å². The van der Waals surface area contributed by atoms with E-state index in [0.717, 1.165) is 16.6 Å². The molecule has 0 saturated heterocycles. The van der Waals surface area contributed by atoms with Gasteiger partial charge in [-0.25, -0.2) is 4.79 Å². The van der Waals surface area contributed by atoms with Gasteiger partial charge in [0.15, 0.2) is 0 Å². The van der Waals surface area contributed by atoms with Crippen LogP contribution in [0.25, 0.3) is 11.0 Å². The van der Waals surface area contributed by atoms with E-state index in [1.807, 2.05) is 30.1 Å². The molecule has 0 aliphatic heterocycles. The Kier molecular flexibility index (Phi) is 3.47. The topological polar surface area (TPSA) is 89.2 Å². The first-order valence-corrected chi connectivity index (χ1v) is 5.66. The van der Waals surface area contributed by atoms with Crippen LogP contribution in [0, 0.1) is 0 Å². The molecule has 6 heteroatoms. The molecule has 1 heterocycles. The molecule has 0 fully saturated rings. The predicted molar refractivity (Wildman–Crippen MR) is 67.5 cm³/mol. The fraction of sp³-hybridized carbons (Fsp3) is 0.333. The van der Waals surface area contributed by atoms with Gasteiger partial charge >= 0.3 is 11.7 Å². The average Bonchev–Trinajstić information content (AvgIpc) is 2.66. The molecule has 6 nitrogen and oxygen atoms in total. The molecule has 96 valence electrons. The highest BCUT2D eigenvalue weighted by Gasteiger charge is 2.05. The summed E-state index contributed by atoms with van der Waals surface area (Å²) in [7, 11) is 1.87. The SMILES string of the molecule is CN(CCC(=O)O)Cc1ccc2[nH]c(=O)[nH]c2c1. The minimum atomic E-state index is -0.799. The average molecular weight is 249 g/mol. The Morgan fingerprint density at radius 2 is 2.06 bits per heavy atom. The Bertz CT molecular complexity index is 614. The van der Waals surface area contributed by atoms with Crippen molar-refractivity contribution in [3.05, 3.63) is 34.2 Å². The summed E-state index contributed by atoms with van der Waals surface area (Å²) in [5.74, 6) is -0.799. The summed E-state index contributed by atoms with van der Waals surface area (Å²) in [6.45, 7) is 1.15. The summed E-state index contributed by atoms with van der Waals surface area (Å²) < 4.78 is 0. The van der Waals surface area contributed by atoms with Crippen LogP contribution in [0.5, 0.6) is 0 Å². The van der Waals surface area contributed by atoms with Crippen molar-refractivity contribution >= 4 is 17.0 Å². The summed E-state index contributed by atoms with van der Waals surface area (Å²) in [5, 5.41) is 8.60. The number of hydrogen-bond donors (Lipinski definition) is 3. The van der Waals surface area contributed by atoms with Crippen LogP contribution in [0.1, 0.15) is 12.0 Å². The smallest absolute Gasteiger partial charge is 0.323 e. The number of benzene rings is 1. The number of aromatic amines is 2. The van der Waals surface area contributed by atoms with Crippen LogP contribution in [0.4, 0.5) is 0 Å². The van der Waals surface area contributed by atoms with Gasteiger partial charge in [-0.05, 0) is 24.7 Å². The molecule has 0 aliphatic rings. The number of imidazole rings is 1. The van der Waals surface area contributed by atoms with E-state index in [2.05, 4.69) is 9.97 Å². The van der Waals surface area contributed by atoms with Crippen molar-refractivity contribution in [2.75, 3.05) is 13.6 Å². The van der Waals surface area contributed by atoms with Gasteiger partial charge in [-0.1, -0.05) is 6.07 Å². The molecule has 1 aromatic carbocycles. The fourth-order valence-corrected chi connectivity index (χ4v) is 1.86. The molecule has 0 amide bonds. The van der Waals surface area contributed by atoms with Crippen LogP contribution < -0.4 is 5.69 Å². The molecule has 3 N–H and O–H groups in total. The summed E-state index contributed by atoms with van der Waals surface area (Å²) >= 11 is 0. The van der Waals surface area contributed by atoms with Crippen molar-refractivity contribution in [1.82, 2.24) is 14.9 Å². The van der Waals surface area contributed by atoms with Gasteiger partial charge < -0.3 is 20.0 Å². The first-order valence-electron chi connectivity index (χ1n) is 5.66. The number of carbonyl (C=O) groups is 1. The molecule has 1 aromatic heterocycles. The van der Waals surface area contributed by atoms with E-state index in [4.69, 9.17) is 5.11 Å². The zero-order valence-corrected chi connectivity index (χ0v) is 10.1. The standard InChI is InChI=1S/C12H15N3O3/c1-15(5-4-11(16)17)7-8-2-3-9-10(6-8)14-12(18)13-9/h2-3,6H,4-5,7H2,1H3,(H,16,17)(H2,13,14,18). The van der Waals surface area contributed by atoms with E-state index in [9.17, 15) is 9.59 Å². The van der Waals surface area contributed by atoms with E-state index < -0.39 is 5.97 Å². The van der Waals surface area contributed by atoms with Crippen molar-refractivity contribution in [2.24, 2.45) is 0 Å². The van der Waals surface area contributed by atoms with E-state index >= 15 is 0 Å². The molecule has 0 radical (unpaired) electrons. The normalized spacial score (nSPS) is 11.2. The van der Waals surface area contributed by atoms with Crippen molar-refractivity contribution in [3.8, 4) is 0 Å². The van der Waals surface area contributed by atoms with Crippen LogP contribution in [0.3, 0.4) is 0 Å². The van der Waals surface area contributed by atoms with E-state index in [1.54, 1.807) is 0 Å². The third-order valence-corrected chi connectivity index (χ3v) is 2.74. The maximum absolute atomic E-state index is 11.1. The van der Waals surface area contributed by atoms with Crippen molar-refractivity contribution < 1.29 is 9.90 Å². The van der Waals surface area contributed by atoms with E-state index in [-0.39, 0.29) is 12.1 Å². The Labute approximate surface area is 103 Å². The number of H-pyrrole nitrogens is 2. The lowest BCUT2D eigenvalue weighted by Gasteiger charge is -2.15. The molecule has 0 bridgehead atoms. The Morgan fingerprint density at radius 1 is 1.33 bits per heavy atom. The highest BCUT2D eigenvalue weighted by Crippen LogP contribution is 2.11. The summed E-state index contributed by atoms with van der Waals surface area (Å²) in [4.78, 5) is 28.9. The lowest BCUT2D eigenvalue weighted by Crippen LogP contribution is -2.21. The molecular weight excluding hydrogens is 234 g/mol. The van der Waals surface area contributed by atoms with Crippen LogP contribution in [0.15, 0.2) is 23.0 Å². The third-order valence-electron chi connectivity index (χ3n) is 2.74. The molecule has 0 spiro atoms. The monoisotopic (exact) mass is 249 g/mol. The largest absolute Gasteiger partial charge is 0.481 e. The molecule has 2 aromatic rings. The van der Waals surface area contributed by atoms with Gasteiger partial charge in [-0.3, -0.25) is 4.79 Å². The number of rotatable bonds is 5. The minimum absolute atomic E-state index is 0.125. The van der Waals surface area contributed by atoms with Gasteiger partial charge in [0.25, 0.3) is 0 Å². The first-order chi connectivity index (χ1) is 8.54. The number of fused-ring (bicyclic) bond motifs is 1. The zero-order valence-electron chi connectivity index (χ0n) is 10.1. The zero-order chi connectivity index (χ0) is 13.1. The number of nitrogens with zero attached hydrogens (tertiary/aromatic N) is 1. The van der Waals surface area contributed by atoms with Crippen molar-refractivity contribution in [2.45, 2.75) is 13.0 Å². The maximum Gasteiger partial charge on any atom is 0.323 e. The van der Waals surface area contributed by atoms with Crippen molar-refractivity contribution in [1.29, 1.82) is 0 Å². The summed E-state index contributed by atoms with van der Waals surface area (Å²) in [6.07, 6.45) is 0.125. The van der Waals surface area contributed by atoms with Crippen LogP contribution in [0.2, 0.25) is 0 Å². The van der Waals surface area contributed by atoms with Crippen molar-refractivity contribution in [3.63, 3.8) is 0 Å². The van der Waals surface area contributed by atoms with Crippen LogP contribution in [-0.4, -0.2) is 39.5 Å². The Morgan fingerprint density at radius 3 is 2.78 bits per heavy atom. The number of hydrogen-bond acceptors (Lipinski definition) is 3. The summed E-state index contributed by atoms with van der Waals surface area (Å²) in [5.41, 5.74) is 2.35. The number of carboxylic acid groups (broad SMARTS) is 1. The van der Waals surface area contributed by atoms with Gasteiger partial charge in [-0.2, -0.15) is 0 Å². The number of nitrogens with one attached hydrogen (secondary N) is 2. The number of aliphatic carboxylic acids is 1. The highest BCUT2D eigenvalue weighted by atomic mass is 16.4. The highest BCUT2D eigenvalue weighted by molar-refractivity contribution is 5.75. The lowest BCUT2D eigenvalue weighted by molar-refractivity contribution is -0.137. The number of carboxylic acids is 1. The molecule has 0 unspecified atom stereocenters. The second-order valence-corrected chi connectivity index (χ2v) is 4.34. The second kappa shape index (κ2) is 5.05.